The summed E-state index contributed by atoms with van der Waals surface area (Å²) in [6.07, 6.45) is 2.30. The van der Waals surface area contributed by atoms with Crippen LogP contribution in [0.2, 0.25) is 0 Å². The summed E-state index contributed by atoms with van der Waals surface area (Å²) < 4.78 is 0. The van der Waals surface area contributed by atoms with E-state index in [2.05, 4.69) is 10.2 Å². The molecule has 2 aliphatic carbocycles. The molecule has 5 nitrogen and oxygen atoms in total. The van der Waals surface area contributed by atoms with Gasteiger partial charge in [0.25, 0.3) is 0 Å². The Morgan fingerprint density at radius 3 is 2.43 bits per heavy atom. The minimum atomic E-state index is -0.226. The van der Waals surface area contributed by atoms with E-state index in [-0.39, 0.29) is 53.6 Å². The second-order valence-electron chi connectivity index (χ2n) is 5.84. The number of hydrogen-bond acceptors (Lipinski definition) is 4. The second kappa shape index (κ2) is 5.64. The van der Waals surface area contributed by atoms with Crippen molar-refractivity contribution >= 4 is 24.0 Å². The lowest BCUT2D eigenvalue weighted by molar-refractivity contribution is -0.123. The molecular formula is C15H19ClN2O3. The van der Waals surface area contributed by atoms with E-state index in [9.17, 15) is 14.7 Å². The molecule has 114 valence electrons. The third-order valence-electron chi connectivity index (χ3n) is 4.23. The van der Waals surface area contributed by atoms with Crippen LogP contribution in [0.25, 0.3) is 0 Å². The Kier molecular flexibility index (Phi) is 4.23. The van der Waals surface area contributed by atoms with Crippen molar-refractivity contribution in [1.82, 2.24) is 10.2 Å². The topological polar surface area (TPSA) is 83.0 Å². The van der Waals surface area contributed by atoms with Crippen LogP contribution in [0.1, 0.15) is 48.6 Å². The van der Waals surface area contributed by atoms with E-state index in [1.807, 2.05) is 13.8 Å². The van der Waals surface area contributed by atoms with Gasteiger partial charge in [-0.1, -0.05) is 0 Å². The number of hydrogen-bond donors (Lipinski definition) is 2. The molecule has 3 rings (SSSR count). The first-order valence-electron chi connectivity index (χ1n) is 7.00. The fraction of sp³-hybridized carbons (Fsp3) is 0.533. The van der Waals surface area contributed by atoms with Gasteiger partial charge >= 0.3 is 0 Å². The predicted octanol–water partition coefficient (Wildman–Crippen LogP) is 2.69. The zero-order valence-electron chi connectivity index (χ0n) is 12.1. The molecule has 0 spiro atoms. The second-order valence-corrected chi connectivity index (χ2v) is 5.84. The molecule has 1 heterocycles. The number of aliphatic hydroxyl groups excluding tert-OH is 1. The van der Waals surface area contributed by atoms with Crippen molar-refractivity contribution in [1.29, 1.82) is 0 Å². The van der Waals surface area contributed by atoms with E-state index in [1.54, 1.807) is 0 Å². The molecule has 1 atom stereocenters. The highest BCUT2D eigenvalue weighted by Crippen LogP contribution is 2.40. The van der Waals surface area contributed by atoms with Crippen LogP contribution in [0.3, 0.4) is 0 Å². The number of rotatable bonds is 3. The van der Waals surface area contributed by atoms with Crippen molar-refractivity contribution in [2.75, 3.05) is 0 Å². The Labute approximate surface area is 129 Å². The predicted molar refractivity (Wildman–Crippen MR) is 79.7 cm³/mol. The molecule has 0 amide bonds. The van der Waals surface area contributed by atoms with Gasteiger partial charge in [0.1, 0.15) is 5.76 Å². The largest absolute Gasteiger partial charge is 0.511 e. The van der Waals surface area contributed by atoms with Crippen LogP contribution < -0.4 is 0 Å². The molecule has 2 aliphatic rings. The van der Waals surface area contributed by atoms with Gasteiger partial charge < -0.3 is 5.11 Å². The van der Waals surface area contributed by atoms with Crippen LogP contribution in [-0.2, 0) is 9.59 Å². The number of halogens is 1. The van der Waals surface area contributed by atoms with Crippen molar-refractivity contribution in [3.05, 3.63) is 28.3 Å². The van der Waals surface area contributed by atoms with E-state index >= 15 is 0 Å². The van der Waals surface area contributed by atoms with Crippen LogP contribution in [-0.4, -0.2) is 26.9 Å². The van der Waals surface area contributed by atoms with Gasteiger partial charge in [0, 0.05) is 30.4 Å². The fourth-order valence-electron chi connectivity index (χ4n) is 3.09. The van der Waals surface area contributed by atoms with Crippen molar-refractivity contribution in [2.45, 2.75) is 45.4 Å². The monoisotopic (exact) mass is 310 g/mol. The lowest BCUT2D eigenvalue weighted by atomic mass is 9.80. The molecule has 1 unspecified atom stereocenters. The number of aryl methyl sites for hydroxylation is 2. The van der Waals surface area contributed by atoms with Gasteiger partial charge in [-0.25, -0.2) is 0 Å². The summed E-state index contributed by atoms with van der Waals surface area (Å²) in [5.41, 5.74) is 2.82. The number of aliphatic hydroxyl groups is 1. The summed E-state index contributed by atoms with van der Waals surface area (Å²) in [5.74, 6) is -0.549. The first-order chi connectivity index (χ1) is 9.49. The maximum Gasteiger partial charge on any atom is 0.172 e. The number of nitrogens with zero attached hydrogens (tertiary/aromatic N) is 1. The smallest absolute Gasteiger partial charge is 0.172 e. The number of carbonyl (C=O) groups is 2. The zero-order valence-corrected chi connectivity index (χ0v) is 12.9. The minimum Gasteiger partial charge on any atom is -0.511 e. The lowest BCUT2D eigenvalue weighted by Gasteiger charge is -2.23. The zero-order chi connectivity index (χ0) is 14.4. The van der Waals surface area contributed by atoms with Crippen molar-refractivity contribution < 1.29 is 14.7 Å². The van der Waals surface area contributed by atoms with Crippen LogP contribution in [0.15, 0.2) is 11.3 Å². The van der Waals surface area contributed by atoms with Crippen LogP contribution in [0.4, 0.5) is 0 Å². The molecular weight excluding hydrogens is 292 g/mol. The van der Waals surface area contributed by atoms with Crippen molar-refractivity contribution in [3.8, 4) is 0 Å². The van der Waals surface area contributed by atoms with E-state index in [0.717, 1.165) is 29.8 Å². The third kappa shape index (κ3) is 2.75. The number of aromatic amines is 1. The van der Waals surface area contributed by atoms with Gasteiger partial charge in [0.2, 0.25) is 0 Å². The standard InChI is InChI=1S/C15H18N2O3.ClH/c1-7-13(8(2)17-16-7)10-5-11(18)14(12(19)6-10)15(20)9-3-4-9;/h9-10,18H,3-6H2,1-2H3,(H,16,17);1H. The molecule has 0 aliphatic heterocycles. The Bertz CT molecular complexity index is 609. The number of Topliss-reactive ketones (excluding diaryl/α,β-unsaturated/α-hetero) is 2. The van der Waals surface area contributed by atoms with Gasteiger partial charge in [0.05, 0.1) is 11.3 Å². The third-order valence-corrected chi connectivity index (χ3v) is 4.23. The van der Waals surface area contributed by atoms with E-state index < -0.39 is 0 Å². The summed E-state index contributed by atoms with van der Waals surface area (Å²) in [7, 11) is 0. The van der Waals surface area contributed by atoms with E-state index in [4.69, 9.17) is 0 Å². The van der Waals surface area contributed by atoms with Crippen LogP contribution in [0, 0.1) is 19.8 Å². The first-order valence-corrected chi connectivity index (χ1v) is 7.00. The molecule has 2 N–H and O–H groups in total. The molecule has 6 heteroatoms. The van der Waals surface area contributed by atoms with Gasteiger partial charge in [-0.2, -0.15) is 5.10 Å². The summed E-state index contributed by atoms with van der Waals surface area (Å²) in [6.45, 7) is 3.79. The molecule has 0 bridgehead atoms. The van der Waals surface area contributed by atoms with Crippen LogP contribution in [0.5, 0.6) is 0 Å². The molecule has 0 aromatic carbocycles. The molecule has 1 aromatic rings. The highest BCUT2D eigenvalue weighted by atomic mass is 35.5. The Hall–Kier alpha value is -1.62. The van der Waals surface area contributed by atoms with E-state index in [0.29, 0.717) is 6.42 Å². The Balaban J connectivity index is 0.00000161. The number of allylic oxidation sites excluding steroid dienone is 2. The van der Waals surface area contributed by atoms with Gasteiger partial charge in [-0.15, -0.1) is 12.4 Å². The highest BCUT2D eigenvalue weighted by molar-refractivity contribution is 6.22. The number of aromatic nitrogens is 2. The maximum atomic E-state index is 12.2. The average Bonchev–Trinajstić information content (AvgIpc) is 3.15. The fourth-order valence-corrected chi connectivity index (χ4v) is 3.09. The first kappa shape index (κ1) is 15.8. The maximum absolute atomic E-state index is 12.2. The Morgan fingerprint density at radius 2 is 1.95 bits per heavy atom. The minimum absolute atomic E-state index is 0. The van der Waals surface area contributed by atoms with Crippen molar-refractivity contribution in [3.63, 3.8) is 0 Å². The SMILES string of the molecule is Cc1n[nH]c(C)c1C1CC(=O)C(C(=O)C2CC2)=C(O)C1.Cl. The lowest BCUT2D eigenvalue weighted by Crippen LogP contribution is -2.25. The Morgan fingerprint density at radius 1 is 1.29 bits per heavy atom. The highest BCUT2D eigenvalue weighted by Gasteiger charge is 2.40. The van der Waals surface area contributed by atoms with Crippen LogP contribution >= 0.6 is 12.4 Å². The normalized spacial score (nSPS) is 22.2. The average molecular weight is 311 g/mol. The molecule has 0 saturated heterocycles. The molecule has 1 fully saturated rings. The van der Waals surface area contributed by atoms with E-state index in [1.165, 1.54) is 0 Å². The quantitative estimate of drug-likeness (QED) is 0.841. The molecule has 1 saturated carbocycles. The van der Waals surface area contributed by atoms with Gasteiger partial charge in [0.15, 0.2) is 11.6 Å². The summed E-state index contributed by atoms with van der Waals surface area (Å²) in [5, 5.41) is 17.2. The number of nitrogens with one attached hydrogen (secondary N) is 1. The molecule has 0 radical (unpaired) electrons. The molecule has 1 aromatic heterocycles. The summed E-state index contributed by atoms with van der Waals surface area (Å²) in [4.78, 5) is 24.3. The van der Waals surface area contributed by atoms with Gasteiger partial charge in [-0.05, 0) is 32.3 Å². The van der Waals surface area contributed by atoms with Gasteiger partial charge in [-0.3, -0.25) is 14.7 Å². The summed E-state index contributed by atoms with van der Waals surface area (Å²) >= 11 is 0. The summed E-state index contributed by atoms with van der Waals surface area (Å²) in [6, 6.07) is 0. The van der Waals surface area contributed by atoms with Crippen molar-refractivity contribution in [2.24, 2.45) is 5.92 Å². The number of ketones is 2. The molecule has 21 heavy (non-hydrogen) atoms. The number of carbonyl (C=O) groups excluding carboxylic acids is 2. The number of H-pyrrole nitrogens is 1.